The number of amides is 2. The number of nitrogens with zero attached hydrogens (tertiary/aromatic N) is 2. The zero-order valence-electron chi connectivity index (χ0n) is 16.7. The van der Waals surface area contributed by atoms with Crippen molar-refractivity contribution < 1.29 is 9.59 Å². The highest BCUT2D eigenvalue weighted by atomic mass is 16.2. The fraction of sp³-hybridized carbons (Fsp3) is 0.435. The summed E-state index contributed by atoms with van der Waals surface area (Å²) < 4.78 is 0. The highest BCUT2D eigenvalue weighted by Crippen LogP contribution is 2.35. The number of piperidine rings is 1. The van der Waals surface area contributed by atoms with E-state index < -0.39 is 5.41 Å². The number of primary amides is 1. The van der Waals surface area contributed by atoms with E-state index in [2.05, 4.69) is 17.1 Å². The molecule has 2 heterocycles. The lowest BCUT2D eigenvalue weighted by atomic mass is 9.74. The molecule has 1 atom stereocenters. The number of carbonyl (C=O) groups excluding carboxylic acids is 2. The fourth-order valence-corrected chi connectivity index (χ4v) is 4.05. The second kappa shape index (κ2) is 8.55. The van der Waals surface area contributed by atoms with Gasteiger partial charge in [-0.2, -0.15) is 0 Å². The second-order valence-electron chi connectivity index (χ2n) is 8.27. The van der Waals surface area contributed by atoms with E-state index in [1.54, 1.807) is 12.4 Å². The fourth-order valence-electron chi connectivity index (χ4n) is 4.05. The first-order valence-corrected chi connectivity index (χ1v) is 9.97. The summed E-state index contributed by atoms with van der Waals surface area (Å²) in [5.41, 5.74) is 8.40. The third-order valence-corrected chi connectivity index (χ3v) is 5.52. The van der Waals surface area contributed by atoms with Crippen LogP contribution in [0.3, 0.4) is 0 Å². The number of aromatic nitrogens is 1. The Hall–Kier alpha value is -2.69. The monoisotopic (exact) mass is 379 g/mol. The highest BCUT2D eigenvalue weighted by molar-refractivity contribution is 5.83. The molecular formula is C23H29N3O2. The number of nitrogens with two attached hydrogens (primary N) is 1. The van der Waals surface area contributed by atoms with Gasteiger partial charge in [0.1, 0.15) is 0 Å². The molecular weight excluding hydrogens is 350 g/mol. The molecule has 5 nitrogen and oxygen atoms in total. The minimum Gasteiger partial charge on any atom is -0.369 e. The summed E-state index contributed by atoms with van der Waals surface area (Å²) in [5.74, 6) is 0.101. The number of pyridine rings is 1. The molecule has 3 rings (SSSR count). The van der Waals surface area contributed by atoms with Crippen molar-refractivity contribution in [1.82, 2.24) is 9.88 Å². The zero-order chi connectivity index (χ0) is 20.1. The summed E-state index contributed by atoms with van der Waals surface area (Å²) in [7, 11) is 0. The molecule has 148 valence electrons. The smallest absolute Gasteiger partial charge is 0.225 e. The van der Waals surface area contributed by atoms with E-state index in [1.807, 2.05) is 43.0 Å². The molecule has 1 aliphatic heterocycles. The van der Waals surface area contributed by atoms with Gasteiger partial charge in [-0.05, 0) is 54.0 Å². The molecule has 1 saturated heterocycles. The molecule has 5 heteroatoms. The van der Waals surface area contributed by atoms with E-state index in [0.717, 1.165) is 23.1 Å². The molecule has 0 unspecified atom stereocenters. The number of rotatable bonds is 6. The maximum atomic E-state index is 12.6. The maximum Gasteiger partial charge on any atom is 0.225 e. The van der Waals surface area contributed by atoms with Gasteiger partial charge in [0.2, 0.25) is 11.8 Å². The summed E-state index contributed by atoms with van der Waals surface area (Å²) >= 11 is 0. The lowest BCUT2D eigenvalue weighted by molar-refractivity contribution is -0.140. The van der Waals surface area contributed by atoms with E-state index in [9.17, 15) is 9.59 Å². The van der Waals surface area contributed by atoms with E-state index >= 15 is 0 Å². The lowest BCUT2D eigenvalue weighted by Gasteiger charge is -2.41. The normalized spacial score (nSPS) is 19.6. The lowest BCUT2D eigenvalue weighted by Crippen LogP contribution is -2.53. The van der Waals surface area contributed by atoms with Crippen LogP contribution in [0.2, 0.25) is 0 Å². The summed E-state index contributed by atoms with van der Waals surface area (Å²) in [5, 5.41) is 0. The molecule has 1 aliphatic rings. The average molecular weight is 380 g/mol. The van der Waals surface area contributed by atoms with E-state index in [-0.39, 0.29) is 11.8 Å². The number of hydrogen-bond acceptors (Lipinski definition) is 3. The Kier molecular flexibility index (Phi) is 6.12. The Morgan fingerprint density at radius 3 is 2.61 bits per heavy atom. The van der Waals surface area contributed by atoms with Crippen molar-refractivity contribution in [3.8, 4) is 11.1 Å². The van der Waals surface area contributed by atoms with Crippen LogP contribution in [0, 0.1) is 11.3 Å². The van der Waals surface area contributed by atoms with Gasteiger partial charge in [0.15, 0.2) is 0 Å². The maximum absolute atomic E-state index is 12.6. The summed E-state index contributed by atoms with van der Waals surface area (Å²) in [6.45, 7) is 5.19. The predicted octanol–water partition coefficient (Wildman–Crippen LogP) is 3.43. The molecule has 0 bridgehead atoms. The second-order valence-corrected chi connectivity index (χ2v) is 8.27. The number of benzene rings is 1. The van der Waals surface area contributed by atoms with Gasteiger partial charge < -0.3 is 10.6 Å². The van der Waals surface area contributed by atoms with Crippen LogP contribution in [0.4, 0.5) is 0 Å². The number of carbonyl (C=O) groups is 2. The van der Waals surface area contributed by atoms with Crippen molar-refractivity contribution in [2.24, 2.45) is 17.1 Å². The summed E-state index contributed by atoms with van der Waals surface area (Å²) in [4.78, 5) is 31.0. The summed E-state index contributed by atoms with van der Waals surface area (Å²) in [6, 6.07) is 12.1. The topological polar surface area (TPSA) is 76.3 Å². The standard InChI is InChI=1S/C23H29N3O2/c1-17(2)13-21(27)26-12-4-9-23(16-26,22(24)28)15-18-5-3-6-20(14-18)19-7-10-25-11-8-19/h3,5-8,10-11,14,17H,4,9,12-13,15-16H2,1-2H3,(H2,24,28)/t23-/m1/s1. The Morgan fingerprint density at radius 2 is 1.93 bits per heavy atom. The highest BCUT2D eigenvalue weighted by Gasteiger charge is 2.42. The number of hydrogen-bond donors (Lipinski definition) is 1. The molecule has 28 heavy (non-hydrogen) atoms. The molecule has 0 aliphatic carbocycles. The number of likely N-dealkylation sites (tertiary alicyclic amines) is 1. The van der Waals surface area contributed by atoms with Gasteiger partial charge in [-0.25, -0.2) is 0 Å². The largest absolute Gasteiger partial charge is 0.369 e. The third-order valence-electron chi connectivity index (χ3n) is 5.52. The predicted molar refractivity (Wildman–Crippen MR) is 110 cm³/mol. The van der Waals surface area contributed by atoms with E-state index in [4.69, 9.17) is 5.73 Å². The minimum atomic E-state index is -0.707. The molecule has 0 spiro atoms. The van der Waals surface area contributed by atoms with Crippen molar-refractivity contribution >= 4 is 11.8 Å². The van der Waals surface area contributed by atoms with Gasteiger partial charge in [-0.15, -0.1) is 0 Å². The quantitative estimate of drug-likeness (QED) is 0.835. The van der Waals surface area contributed by atoms with Crippen LogP contribution in [0.25, 0.3) is 11.1 Å². The molecule has 0 radical (unpaired) electrons. The molecule has 1 fully saturated rings. The van der Waals surface area contributed by atoms with E-state index in [1.165, 1.54) is 0 Å². The summed E-state index contributed by atoms with van der Waals surface area (Å²) in [6.07, 6.45) is 6.11. The SMILES string of the molecule is CC(C)CC(=O)N1CCC[C@](Cc2cccc(-c3ccncc3)c2)(C(N)=O)C1. The van der Waals surface area contributed by atoms with Gasteiger partial charge in [-0.1, -0.05) is 38.1 Å². The van der Waals surface area contributed by atoms with Gasteiger partial charge in [0, 0.05) is 31.9 Å². The molecule has 0 saturated carbocycles. The first-order valence-electron chi connectivity index (χ1n) is 9.97. The van der Waals surface area contributed by atoms with E-state index in [0.29, 0.717) is 38.3 Å². The van der Waals surface area contributed by atoms with Crippen LogP contribution < -0.4 is 5.73 Å². The van der Waals surface area contributed by atoms with Crippen LogP contribution >= 0.6 is 0 Å². The minimum absolute atomic E-state index is 0.117. The van der Waals surface area contributed by atoms with Gasteiger partial charge >= 0.3 is 0 Å². The molecule has 2 aromatic rings. The van der Waals surface area contributed by atoms with Crippen molar-refractivity contribution in [2.75, 3.05) is 13.1 Å². The Labute approximate surface area is 167 Å². The van der Waals surface area contributed by atoms with Gasteiger partial charge in [-0.3, -0.25) is 14.6 Å². The van der Waals surface area contributed by atoms with Crippen LogP contribution in [0.1, 0.15) is 38.7 Å². The molecule has 2 N–H and O–H groups in total. The average Bonchev–Trinajstić information content (AvgIpc) is 2.68. The third kappa shape index (κ3) is 4.58. The van der Waals surface area contributed by atoms with Crippen LogP contribution in [0.5, 0.6) is 0 Å². The molecule has 2 amide bonds. The Balaban J connectivity index is 1.83. The van der Waals surface area contributed by atoms with Gasteiger partial charge in [0.05, 0.1) is 5.41 Å². The Morgan fingerprint density at radius 1 is 1.18 bits per heavy atom. The van der Waals surface area contributed by atoms with Crippen LogP contribution in [-0.4, -0.2) is 34.8 Å². The van der Waals surface area contributed by atoms with Crippen molar-refractivity contribution in [3.63, 3.8) is 0 Å². The van der Waals surface area contributed by atoms with Crippen molar-refractivity contribution in [1.29, 1.82) is 0 Å². The first-order chi connectivity index (χ1) is 13.4. The van der Waals surface area contributed by atoms with Gasteiger partial charge in [0.25, 0.3) is 0 Å². The molecule has 1 aromatic carbocycles. The van der Waals surface area contributed by atoms with Crippen molar-refractivity contribution in [2.45, 2.75) is 39.5 Å². The zero-order valence-corrected chi connectivity index (χ0v) is 16.7. The molecule has 1 aromatic heterocycles. The first kappa shape index (κ1) is 20.1. The van der Waals surface area contributed by atoms with Crippen molar-refractivity contribution in [3.05, 3.63) is 54.4 Å². The van der Waals surface area contributed by atoms with Crippen LogP contribution in [-0.2, 0) is 16.0 Å². The Bertz CT molecular complexity index is 835. The van der Waals surface area contributed by atoms with Crippen LogP contribution in [0.15, 0.2) is 48.8 Å².